The van der Waals surface area contributed by atoms with Gasteiger partial charge in [0.1, 0.15) is 0 Å². The highest BCUT2D eigenvalue weighted by Crippen LogP contribution is 2.32. The fourth-order valence-electron chi connectivity index (χ4n) is 1.14. The Morgan fingerprint density at radius 2 is 1.82 bits per heavy atom. The zero-order valence-electron chi connectivity index (χ0n) is 9.56. The first-order chi connectivity index (χ1) is 7.95. The summed E-state index contributed by atoms with van der Waals surface area (Å²) in [5.74, 6) is -0.0189. The molecule has 0 fully saturated rings. The molecule has 0 aliphatic rings. The van der Waals surface area contributed by atoms with Gasteiger partial charge in [0.15, 0.2) is 0 Å². The van der Waals surface area contributed by atoms with Gasteiger partial charge in [0.05, 0.1) is 27.3 Å². The van der Waals surface area contributed by atoms with Gasteiger partial charge in [-0.3, -0.25) is 4.79 Å². The molecule has 3 nitrogen and oxygen atoms in total. The highest BCUT2D eigenvalue weighted by Gasteiger charge is 2.09. The van der Waals surface area contributed by atoms with E-state index in [-0.39, 0.29) is 12.5 Å². The lowest BCUT2D eigenvalue weighted by atomic mass is 10.3. The number of nitrogens with zero attached hydrogens (tertiary/aromatic N) is 1. The quantitative estimate of drug-likeness (QED) is 0.862. The third-order valence-electron chi connectivity index (χ3n) is 2.34. The summed E-state index contributed by atoms with van der Waals surface area (Å²) in [4.78, 5) is 13.2. The number of halogens is 3. The second-order valence-electron chi connectivity index (χ2n) is 3.51. The average Bonchev–Trinajstić information content (AvgIpc) is 2.30. The number of nitrogens with one attached hydrogen (secondary N) is 1. The van der Waals surface area contributed by atoms with Crippen LogP contribution >= 0.6 is 34.8 Å². The Morgan fingerprint density at radius 1 is 1.24 bits per heavy atom. The molecule has 0 aromatic heterocycles. The summed E-state index contributed by atoms with van der Waals surface area (Å²) >= 11 is 17.6. The van der Waals surface area contributed by atoms with Gasteiger partial charge < -0.3 is 10.2 Å². The topological polar surface area (TPSA) is 32.3 Å². The van der Waals surface area contributed by atoms with Crippen LogP contribution in [-0.2, 0) is 4.79 Å². The molecule has 0 saturated heterocycles. The first-order valence-electron chi connectivity index (χ1n) is 5.08. The number of hydrogen-bond acceptors (Lipinski definition) is 2. The molecule has 0 spiro atoms. The Kier molecular flexibility index (Phi) is 5.37. The van der Waals surface area contributed by atoms with Crippen molar-refractivity contribution in [1.29, 1.82) is 0 Å². The molecule has 0 bridgehead atoms. The highest BCUT2D eigenvalue weighted by molar-refractivity contribution is 6.44. The summed E-state index contributed by atoms with van der Waals surface area (Å²) in [6.07, 6.45) is 0. The fraction of sp³-hybridized carbons (Fsp3) is 0.364. The fourth-order valence-corrected chi connectivity index (χ4v) is 1.75. The van der Waals surface area contributed by atoms with Crippen molar-refractivity contribution in [3.8, 4) is 0 Å². The van der Waals surface area contributed by atoms with Gasteiger partial charge in [0, 0.05) is 13.6 Å². The number of carbonyl (C=O) groups excluding carboxylic acids is 1. The normalized spacial score (nSPS) is 10.2. The summed E-state index contributed by atoms with van der Waals surface area (Å²) in [6, 6.07) is 3.15. The molecular formula is C11H13Cl3N2O. The minimum atomic E-state index is -0.0189. The summed E-state index contributed by atoms with van der Waals surface area (Å²) in [5, 5.41) is 4.15. The van der Waals surface area contributed by atoms with Crippen molar-refractivity contribution in [1.82, 2.24) is 4.90 Å². The van der Waals surface area contributed by atoms with Crippen LogP contribution in [0, 0.1) is 0 Å². The summed E-state index contributed by atoms with van der Waals surface area (Å²) in [6.45, 7) is 2.74. The van der Waals surface area contributed by atoms with Crippen molar-refractivity contribution in [2.24, 2.45) is 0 Å². The molecule has 6 heteroatoms. The maximum absolute atomic E-state index is 11.6. The van der Waals surface area contributed by atoms with Crippen molar-refractivity contribution in [3.63, 3.8) is 0 Å². The van der Waals surface area contributed by atoms with E-state index in [0.29, 0.717) is 27.3 Å². The molecule has 94 valence electrons. The molecule has 0 atom stereocenters. The standard InChI is InChI=1S/C11H13Cl3N2O/c1-3-16(2)11(17)6-15-10-5-8(13)7(12)4-9(10)14/h4-5,15H,3,6H2,1-2H3. The summed E-state index contributed by atoms with van der Waals surface area (Å²) < 4.78 is 0. The molecule has 0 heterocycles. The third kappa shape index (κ3) is 3.95. The van der Waals surface area contributed by atoms with Crippen molar-refractivity contribution >= 4 is 46.4 Å². The molecule has 0 aliphatic heterocycles. The van der Waals surface area contributed by atoms with Gasteiger partial charge >= 0.3 is 0 Å². The van der Waals surface area contributed by atoms with Gasteiger partial charge in [-0.2, -0.15) is 0 Å². The summed E-state index contributed by atoms with van der Waals surface area (Å²) in [5.41, 5.74) is 0.596. The van der Waals surface area contributed by atoms with E-state index in [0.717, 1.165) is 0 Å². The largest absolute Gasteiger partial charge is 0.375 e. The van der Waals surface area contributed by atoms with Gasteiger partial charge in [-0.05, 0) is 19.1 Å². The van der Waals surface area contributed by atoms with Gasteiger partial charge in [0.2, 0.25) is 5.91 Å². The number of rotatable bonds is 4. The smallest absolute Gasteiger partial charge is 0.241 e. The molecule has 0 unspecified atom stereocenters. The molecule has 1 N–H and O–H groups in total. The van der Waals surface area contributed by atoms with Crippen LogP contribution in [-0.4, -0.2) is 30.9 Å². The zero-order chi connectivity index (χ0) is 13.0. The van der Waals surface area contributed by atoms with Crippen LogP contribution in [0.5, 0.6) is 0 Å². The van der Waals surface area contributed by atoms with Crippen molar-refractivity contribution in [2.45, 2.75) is 6.92 Å². The van der Waals surface area contributed by atoms with Crippen LogP contribution in [0.25, 0.3) is 0 Å². The molecule has 0 saturated carbocycles. The maximum Gasteiger partial charge on any atom is 0.241 e. The van der Waals surface area contributed by atoms with E-state index in [4.69, 9.17) is 34.8 Å². The van der Waals surface area contributed by atoms with Gasteiger partial charge in [0.25, 0.3) is 0 Å². The lowest BCUT2D eigenvalue weighted by Crippen LogP contribution is -2.31. The minimum absolute atomic E-state index is 0.0189. The van der Waals surface area contributed by atoms with Gasteiger partial charge in [-0.15, -0.1) is 0 Å². The van der Waals surface area contributed by atoms with Crippen LogP contribution in [0.15, 0.2) is 12.1 Å². The molecule has 1 aromatic rings. The Bertz CT molecular complexity index is 423. The first-order valence-corrected chi connectivity index (χ1v) is 6.21. The van der Waals surface area contributed by atoms with E-state index >= 15 is 0 Å². The molecule has 1 amide bonds. The van der Waals surface area contributed by atoms with Crippen LogP contribution in [0.4, 0.5) is 5.69 Å². The molecule has 17 heavy (non-hydrogen) atoms. The molecule has 0 radical (unpaired) electrons. The van der Waals surface area contributed by atoms with Gasteiger partial charge in [-0.1, -0.05) is 34.8 Å². The molecule has 1 aromatic carbocycles. The van der Waals surface area contributed by atoms with Crippen molar-refractivity contribution < 1.29 is 4.79 Å². The number of amides is 1. The number of likely N-dealkylation sites (N-methyl/N-ethyl adjacent to an activating group) is 1. The average molecular weight is 296 g/mol. The second kappa shape index (κ2) is 6.34. The molecule has 0 aliphatic carbocycles. The Morgan fingerprint density at radius 3 is 2.41 bits per heavy atom. The lowest BCUT2D eigenvalue weighted by Gasteiger charge is -2.16. The number of benzene rings is 1. The SMILES string of the molecule is CCN(C)C(=O)CNc1cc(Cl)c(Cl)cc1Cl. The highest BCUT2D eigenvalue weighted by atomic mass is 35.5. The first kappa shape index (κ1) is 14.4. The third-order valence-corrected chi connectivity index (χ3v) is 3.37. The predicted molar refractivity (Wildman–Crippen MR) is 73.3 cm³/mol. The van der Waals surface area contributed by atoms with Crippen molar-refractivity contribution in [3.05, 3.63) is 27.2 Å². The van der Waals surface area contributed by atoms with Crippen LogP contribution in [0.1, 0.15) is 6.92 Å². The Hall–Kier alpha value is -0.640. The van der Waals surface area contributed by atoms with E-state index in [1.807, 2.05) is 6.92 Å². The van der Waals surface area contributed by atoms with E-state index in [1.165, 1.54) is 0 Å². The monoisotopic (exact) mass is 294 g/mol. The molecule has 1 rings (SSSR count). The Labute approximate surface area is 116 Å². The zero-order valence-corrected chi connectivity index (χ0v) is 11.8. The predicted octanol–water partition coefficient (Wildman–Crippen LogP) is 3.54. The van der Waals surface area contributed by atoms with Crippen LogP contribution in [0.3, 0.4) is 0 Å². The number of carbonyl (C=O) groups is 1. The van der Waals surface area contributed by atoms with E-state index in [1.54, 1.807) is 24.1 Å². The molecular weight excluding hydrogens is 282 g/mol. The van der Waals surface area contributed by atoms with E-state index in [2.05, 4.69) is 5.32 Å². The minimum Gasteiger partial charge on any atom is -0.375 e. The van der Waals surface area contributed by atoms with E-state index < -0.39 is 0 Å². The number of anilines is 1. The number of hydrogen-bond donors (Lipinski definition) is 1. The van der Waals surface area contributed by atoms with Crippen LogP contribution < -0.4 is 5.32 Å². The van der Waals surface area contributed by atoms with Crippen molar-refractivity contribution in [2.75, 3.05) is 25.5 Å². The maximum atomic E-state index is 11.6. The van der Waals surface area contributed by atoms with Gasteiger partial charge in [-0.25, -0.2) is 0 Å². The Balaban J connectivity index is 2.70. The second-order valence-corrected chi connectivity index (χ2v) is 4.73. The van der Waals surface area contributed by atoms with E-state index in [9.17, 15) is 4.79 Å². The van der Waals surface area contributed by atoms with Crippen LogP contribution in [0.2, 0.25) is 15.1 Å². The lowest BCUT2D eigenvalue weighted by molar-refractivity contribution is -0.127. The summed E-state index contributed by atoms with van der Waals surface area (Å²) in [7, 11) is 1.74.